The van der Waals surface area contributed by atoms with E-state index in [9.17, 15) is 30.4 Å². The Morgan fingerprint density at radius 1 is 0.926 bits per heavy atom. The van der Waals surface area contributed by atoms with Crippen LogP contribution in [0.15, 0.2) is 41.4 Å². The number of alkyl halides is 3. The second-order valence-electron chi connectivity index (χ2n) is 5.90. The van der Waals surface area contributed by atoms with Gasteiger partial charge in [0.2, 0.25) is 10.0 Å². The predicted molar refractivity (Wildman–Crippen MR) is 85.3 cm³/mol. The number of halogens is 5. The summed E-state index contributed by atoms with van der Waals surface area (Å²) in [6.07, 6.45) is -3.64. The minimum atomic E-state index is -4.47. The highest BCUT2D eigenvalue weighted by Crippen LogP contribution is 2.29. The van der Waals surface area contributed by atoms with Crippen molar-refractivity contribution in [2.45, 2.75) is 11.1 Å². The zero-order valence-corrected chi connectivity index (χ0v) is 14.6. The number of nitrogens with zero attached hydrogens (tertiary/aromatic N) is 2. The number of hydrogen-bond acceptors (Lipinski definition) is 3. The summed E-state index contributed by atoms with van der Waals surface area (Å²) in [6.45, 7) is 0.171. The Morgan fingerprint density at radius 2 is 1.52 bits per heavy atom. The Labute approximate surface area is 152 Å². The number of benzene rings is 1. The van der Waals surface area contributed by atoms with Crippen molar-refractivity contribution >= 4 is 15.8 Å². The third-order valence-corrected chi connectivity index (χ3v) is 6.17. The van der Waals surface area contributed by atoms with Gasteiger partial charge in [-0.15, -0.1) is 0 Å². The van der Waals surface area contributed by atoms with E-state index in [2.05, 4.69) is 4.98 Å². The van der Waals surface area contributed by atoms with Crippen LogP contribution in [0.25, 0.3) is 0 Å². The topological polar surface area (TPSA) is 54.8 Å². The zero-order valence-electron chi connectivity index (χ0n) is 13.8. The van der Waals surface area contributed by atoms with Gasteiger partial charge in [-0.05, 0) is 18.2 Å². The van der Waals surface area contributed by atoms with Crippen molar-refractivity contribution in [2.24, 2.45) is 0 Å². The first-order valence-corrected chi connectivity index (χ1v) is 9.33. The van der Waals surface area contributed by atoms with Crippen LogP contribution in [0.5, 0.6) is 0 Å². The Hall–Kier alpha value is -2.27. The molecular weight excluding hydrogens is 393 g/mol. The highest BCUT2D eigenvalue weighted by atomic mass is 32.2. The molecule has 27 heavy (non-hydrogen) atoms. The van der Waals surface area contributed by atoms with E-state index in [1.807, 2.05) is 0 Å². The second kappa shape index (κ2) is 7.04. The summed E-state index contributed by atoms with van der Waals surface area (Å²) in [5.74, 6) is -1.96. The standard InChI is InChI=1S/C16H14F5N3O2S/c17-12-2-1-3-13(18)15(12)27(25,26)24-8-6-23(7-9-24)14-5-4-11(10-22-14)16(19,20)21/h1-5,10H,6-9H2/p+1. The Bertz CT molecular complexity index is 904. The van der Waals surface area contributed by atoms with Gasteiger partial charge in [0, 0.05) is 6.07 Å². The molecule has 0 bridgehead atoms. The molecule has 0 aliphatic carbocycles. The van der Waals surface area contributed by atoms with Gasteiger partial charge in [-0.2, -0.15) is 17.5 Å². The molecule has 2 aromatic rings. The number of aromatic amines is 1. The molecule has 0 spiro atoms. The molecule has 2 heterocycles. The number of pyridine rings is 1. The number of aromatic nitrogens is 1. The number of anilines is 1. The minimum Gasteiger partial charge on any atom is -0.259 e. The molecule has 0 saturated carbocycles. The molecular formula is C16H15F5N3O2S+. The van der Waals surface area contributed by atoms with Crippen LogP contribution >= 0.6 is 0 Å². The summed E-state index contributed by atoms with van der Waals surface area (Å²) in [7, 11) is -4.36. The van der Waals surface area contributed by atoms with Crippen LogP contribution in [0.4, 0.5) is 27.8 Å². The number of H-pyrrole nitrogens is 1. The van der Waals surface area contributed by atoms with Crippen molar-refractivity contribution in [2.75, 3.05) is 31.1 Å². The van der Waals surface area contributed by atoms with Crippen LogP contribution in [0.2, 0.25) is 0 Å². The molecule has 0 amide bonds. The third kappa shape index (κ3) is 3.88. The number of rotatable bonds is 3. The largest absolute Gasteiger partial charge is 0.419 e. The Morgan fingerprint density at radius 3 is 2.00 bits per heavy atom. The normalized spacial score (nSPS) is 16.6. The first-order chi connectivity index (χ1) is 12.6. The summed E-state index contributed by atoms with van der Waals surface area (Å²) < 4.78 is 91.5. The second-order valence-corrected chi connectivity index (χ2v) is 7.78. The first-order valence-electron chi connectivity index (χ1n) is 7.89. The molecule has 1 N–H and O–H groups in total. The number of nitrogens with one attached hydrogen (secondary N) is 1. The Balaban J connectivity index is 1.73. The fourth-order valence-corrected chi connectivity index (χ4v) is 4.35. The molecule has 1 aliphatic rings. The van der Waals surface area contributed by atoms with Gasteiger partial charge in [-0.1, -0.05) is 6.07 Å². The molecule has 146 valence electrons. The van der Waals surface area contributed by atoms with E-state index in [1.54, 1.807) is 4.90 Å². The van der Waals surface area contributed by atoms with Gasteiger partial charge in [0.25, 0.3) is 5.82 Å². The van der Waals surface area contributed by atoms with E-state index in [4.69, 9.17) is 0 Å². The molecule has 1 aromatic heterocycles. The molecule has 1 aromatic carbocycles. The maximum absolute atomic E-state index is 13.8. The number of sulfonamides is 1. The van der Waals surface area contributed by atoms with E-state index >= 15 is 0 Å². The summed E-state index contributed by atoms with van der Waals surface area (Å²) in [5.41, 5.74) is -0.831. The van der Waals surface area contributed by atoms with Crippen molar-refractivity contribution in [3.63, 3.8) is 0 Å². The lowest BCUT2D eigenvalue weighted by atomic mass is 10.2. The van der Waals surface area contributed by atoms with Gasteiger partial charge in [-0.25, -0.2) is 22.2 Å². The SMILES string of the molecule is O=S(=O)(c1c(F)cccc1F)N1CCN(c2ccc(C(F)(F)F)c[nH+]2)CC1. The maximum Gasteiger partial charge on any atom is 0.419 e. The molecule has 1 aliphatic heterocycles. The van der Waals surface area contributed by atoms with Crippen molar-refractivity contribution in [3.8, 4) is 0 Å². The Kier molecular flexibility index (Phi) is 5.08. The van der Waals surface area contributed by atoms with Crippen LogP contribution < -0.4 is 9.88 Å². The average molecular weight is 408 g/mol. The van der Waals surface area contributed by atoms with Gasteiger partial charge in [0.1, 0.15) is 17.8 Å². The minimum absolute atomic E-state index is 0.0645. The van der Waals surface area contributed by atoms with Crippen LogP contribution in [-0.4, -0.2) is 38.9 Å². The van der Waals surface area contributed by atoms with Crippen molar-refractivity contribution in [3.05, 3.63) is 53.7 Å². The molecule has 1 fully saturated rings. The monoisotopic (exact) mass is 408 g/mol. The van der Waals surface area contributed by atoms with Gasteiger partial charge in [0.15, 0.2) is 4.90 Å². The van der Waals surface area contributed by atoms with E-state index < -0.39 is 38.3 Å². The van der Waals surface area contributed by atoms with Crippen LogP contribution in [-0.2, 0) is 16.2 Å². The van der Waals surface area contributed by atoms with E-state index in [-0.39, 0.29) is 26.2 Å². The molecule has 0 radical (unpaired) electrons. The lowest BCUT2D eigenvalue weighted by Crippen LogP contribution is -2.50. The third-order valence-electron chi connectivity index (χ3n) is 4.22. The smallest absolute Gasteiger partial charge is 0.259 e. The van der Waals surface area contributed by atoms with E-state index in [0.29, 0.717) is 5.82 Å². The zero-order chi connectivity index (χ0) is 19.8. The molecule has 0 atom stereocenters. The quantitative estimate of drug-likeness (QED) is 0.733. The van der Waals surface area contributed by atoms with E-state index in [0.717, 1.165) is 34.8 Å². The summed E-state index contributed by atoms with van der Waals surface area (Å²) >= 11 is 0. The summed E-state index contributed by atoms with van der Waals surface area (Å²) in [5, 5.41) is 0. The molecule has 5 nitrogen and oxygen atoms in total. The van der Waals surface area contributed by atoms with Crippen molar-refractivity contribution < 1.29 is 35.4 Å². The van der Waals surface area contributed by atoms with Gasteiger partial charge in [-0.3, -0.25) is 4.90 Å². The molecule has 1 saturated heterocycles. The number of piperazine rings is 1. The van der Waals surface area contributed by atoms with Gasteiger partial charge < -0.3 is 0 Å². The maximum atomic E-state index is 13.8. The predicted octanol–water partition coefficient (Wildman–Crippen LogP) is 2.31. The summed E-state index contributed by atoms with van der Waals surface area (Å²) in [6, 6.07) is 4.97. The van der Waals surface area contributed by atoms with Crippen molar-refractivity contribution in [1.29, 1.82) is 0 Å². The number of hydrogen-bond donors (Lipinski definition) is 0. The lowest BCUT2D eigenvalue weighted by Gasteiger charge is -2.30. The fraction of sp³-hybridized carbons (Fsp3) is 0.312. The van der Waals surface area contributed by atoms with Gasteiger partial charge >= 0.3 is 6.18 Å². The van der Waals surface area contributed by atoms with Crippen LogP contribution in [0.1, 0.15) is 5.56 Å². The molecule has 3 rings (SSSR count). The van der Waals surface area contributed by atoms with E-state index in [1.165, 1.54) is 6.07 Å². The highest BCUT2D eigenvalue weighted by Gasteiger charge is 2.36. The first kappa shape index (κ1) is 19.5. The molecule has 11 heteroatoms. The fourth-order valence-electron chi connectivity index (χ4n) is 2.82. The van der Waals surface area contributed by atoms with Crippen molar-refractivity contribution in [1.82, 2.24) is 4.31 Å². The lowest BCUT2D eigenvalue weighted by molar-refractivity contribution is -0.367. The summed E-state index contributed by atoms with van der Waals surface area (Å²) in [4.78, 5) is 3.19. The highest BCUT2D eigenvalue weighted by molar-refractivity contribution is 7.89. The van der Waals surface area contributed by atoms with Crippen LogP contribution in [0.3, 0.4) is 0 Å². The van der Waals surface area contributed by atoms with Gasteiger partial charge in [0.05, 0.1) is 31.7 Å². The average Bonchev–Trinajstić information content (AvgIpc) is 2.61. The molecule has 0 unspecified atom stereocenters. The van der Waals surface area contributed by atoms with Crippen LogP contribution in [0, 0.1) is 11.6 Å².